The van der Waals surface area contributed by atoms with Crippen LogP contribution in [-0.4, -0.2) is 35.7 Å². The number of nitrogens with two attached hydrogens (primary N) is 1. The zero-order valence-electron chi connectivity index (χ0n) is 11.6. The Balaban J connectivity index is 3.20. The second-order valence-corrected chi connectivity index (χ2v) is 6.05. The fraction of sp³-hybridized carbons (Fsp3) is 0.500. The highest BCUT2D eigenvalue weighted by atomic mass is 32.2. The van der Waals surface area contributed by atoms with Crippen molar-refractivity contribution in [3.8, 4) is 0 Å². The van der Waals surface area contributed by atoms with Crippen molar-refractivity contribution in [3.05, 3.63) is 23.8 Å². The number of benzene rings is 1. The topological polar surface area (TPSA) is 72.6 Å². The van der Waals surface area contributed by atoms with E-state index in [1.807, 2.05) is 0 Å². The lowest BCUT2D eigenvalue weighted by Gasteiger charge is -2.24. The summed E-state index contributed by atoms with van der Waals surface area (Å²) in [6, 6.07) is 2.72. The predicted octanol–water partition coefficient (Wildman–Crippen LogP) is 1.83. The Kier molecular flexibility index (Phi) is 5.60. The van der Waals surface area contributed by atoms with Crippen LogP contribution in [0.1, 0.15) is 12.0 Å². The average molecular weight is 326 g/mol. The van der Waals surface area contributed by atoms with Gasteiger partial charge in [-0.25, -0.2) is 13.6 Å². The van der Waals surface area contributed by atoms with E-state index in [1.165, 1.54) is 19.1 Å². The Morgan fingerprint density at radius 1 is 1.33 bits per heavy atom. The third-order valence-corrected chi connectivity index (χ3v) is 3.77. The highest BCUT2D eigenvalue weighted by molar-refractivity contribution is 7.89. The van der Waals surface area contributed by atoms with Crippen molar-refractivity contribution in [2.45, 2.75) is 17.5 Å². The van der Waals surface area contributed by atoms with E-state index in [0.29, 0.717) is 25.6 Å². The van der Waals surface area contributed by atoms with Gasteiger partial charge in [0.25, 0.3) is 0 Å². The summed E-state index contributed by atoms with van der Waals surface area (Å²) in [5.41, 5.74) is -1.14. The molecule has 0 unspecified atom stereocenters. The summed E-state index contributed by atoms with van der Waals surface area (Å²) in [5.74, 6) is 0. The number of halogens is 3. The first-order valence-electron chi connectivity index (χ1n) is 6.01. The summed E-state index contributed by atoms with van der Waals surface area (Å²) in [6.45, 7) is 0.757. The van der Waals surface area contributed by atoms with Gasteiger partial charge in [0, 0.05) is 33.0 Å². The third-order valence-electron chi connectivity index (χ3n) is 2.86. The fourth-order valence-corrected chi connectivity index (χ4v) is 2.36. The molecular formula is C12H17F3N2O3S. The van der Waals surface area contributed by atoms with Gasteiger partial charge in [-0.1, -0.05) is 0 Å². The Hall–Kier alpha value is -1.32. The minimum Gasteiger partial charge on any atom is -0.385 e. The zero-order valence-corrected chi connectivity index (χ0v) is 12.5. The molecule has 1 rings (SSSR count). The molecule has 0 amide bonds. The first-order chi connectivity index (χ1) is 9.57. The van der Waals surface area contributed by atoms with Crippen molar-refractivity contribution in [1.82, 2.24) is 0 Å². The lowest BCUT2D eigenvalue weighted by Crippen LogP contribution is -2.24. The second-order valence-electron chi connectivity index (χ2n) is 4.49. The largest absolute Gasteiger partial charge is 0.418 e. The molecule has 0 spiro atoms. The van der Waals surface area contributed by atoms with Crippen molar-refractivity contribution in [2.75, 3.05) is 32.2 Å². The van der Waals surface area contributed by atoms with Crippen LogP contribution in [0.3, 0.4) is 0 Å². The van der Waals surface area contributed by atoms with Crippen LogP contribution in [0, 0.1) is 0 Å². The molecule has 9 heteroatoms. The van der Waals surface area contributed by atoms with Crippen molar-refractivity contribution in [3.63, 3.8) is 0 Å². The molecule has 0 bridgehead atoms. The van der Waals surface area contributed by atoms with E-state index in [-0.39, 0.29) is 5.69 Å². The molecule has 5 nitrogen and oxygen atoms in total. The summed E-state index contributed by atoms with van der Waals surface area (Å²) >= 11 is 0. The third kappa shape index (κ3) is 4.87. The molecule has 1 aromatic carbocycles. The summed E-state index contributed by atoms with van der Waals surface area (Å²) in [4.78, 5) is 0.832. The number of primary sulfonamides is 1. The van der Waals surface area contributed by atoms with E-state index < -0.39 is 26.7 Å². The molecule has 0 saturated heterocycles. The molecule has 0 aliphatic heterocycles. The Bertz CT molecular complexity index is 588. The van der Waals surface area contributed by atoms with Gasteiger partial charge in [0.05, 0.1) is 10.5 Å². The lowest BCUT2D eigenvalue weighted by molar-refractivity contribution is -0.137. The van der Waals surface area contributed by atoms with Gasteiger partial charge in [0.15, 0.2) is 0 Å². The van der Waals surface area contributed by atoms with Crippen LogP contribution in [0.5, 0.6) is 0 Å². The van der Waals surface area contributed by atoms with Crippen LogP contribution in [0.25, 0.3) is 0 Å². The lowest BCUT2D eigenvalue weighted by atomic mass is 10.1. The van der Waals surface area contributed by atoms with Crippen LogP contribution in [0.15, 0.2) is 23.1 Å². The van der Waals surface area contributed by atoms with Crippen LogP contribution >= 0.6 is 0 Å². The molecule has 120 valence electrons. The Labute approximate surface area is 121 Å². The molecular weight excluding hydrogens is 309 g/mol. The van der Waals surface area contributed by atoms with Gasteiger partial charge >= 0.3 is 6.18 Å². The van der Waals surface area contributed by atoms with E-state index in [0.717, 1.165) is 12.1 Å². The zero-order chi connectivity index (χ0) is 16.3. The molecule has 0 aliphatic rings. The molecule has 0 radical (unpaired) electrons. The van der Waals surface area contributed by atoms with Crippen LogP contribution < -0.4 is 10.0 Å². The smallest absolute Gasteiger partial charge is 0.385 e. The number of hydrogen-bond acceptors (Lipinski definition) is 4. The summed E-state index contributed by atoms with van der Waals surface area (Å²) in [5, 5.41) is 4.87. The van der Waals surface area contributed by atoms with E-state index in [4.69, 9.17) is 9.88 Å². The van der Waals surface area contributed by atoms with Gasteiger partial charge in [0.1, 0.15) is 0 Å². The molecule has 0 fully saturated rings. The number of sulfonamides is 1. The summed E-state index contributed by atoms with van der Waals surface area (Å²) in [6.07, 6.45) is -4.13. The predicted molar refractivity (Wildman–Crippen MR) is 72.6 cm³/mol. The number of nitrogens with zero attached hydrogens (tertiary/aromatic N) is 1. The molecule has 1 aromatic rings. The van der Waals surface area contributed by atoms with Crippen molar-refractivity contribution < 1.29 is 26.3 Å². The van der Waals surface area contributed by atoms with Gasteiger partial charge in [-0.15, -0.1) is 0 Å². The van der Waals surface area contributed by atoms with Gasteiger partial charge in [-0.05, 0) is 24.6 Å². The second kappa shape index (κ2) is 6.63. The van der Waals surface area contributed by atoms with Gasteiger partial charge in [0.2, 0.25) is 10.0 Å². The standard InChI is InChI=1S/C12H17F3N2O3S/c1-17(6-3-7-20-2)11-5-4-9(21(16,18)19)8-10(11)12(13,14)15/h4-5,8H,3,6-7H2,1-2H3,(H2,16,18,19). The van der Waals surface area contributed by atoms with Gasteiger partial charge < -0.3 is 9.64 Å². The SMILES string of the molecule is COCCCN(C)c1ccc(S(N)(=O)=O)cc1C(F)(F)F. The highest BCUT2D eigenvalue weighted by Gasteiger charge is 2.35. The number of ether oxygens (including phenoxy) is 1. The minimum absolute atomic E-state index is 0.106. The van der Waals surface area contributed by atoms with Crippen LogP contribution in [0.4, 0.5) is 18.9 Å². The normalized spacial score (nSPS) is 12.5. The molecule has 0 aliphatic carbocycles. The van der Waals surface area contributed by atoms with Crippen molar-refractivity contribution in [1.29, 1.82) is 0 Å². The Morgan fingerprint density at radius 2 is 1.95 bits per heavy atom. The van der Waals surface area contributed by atoms with Crippen molar-refractivity contribution >= 4 is 15.7 Å². The number of alkyl halides is 3. The first-order valence-corrected chi connectivity index (χ1v) is 7.56. The summed E-state index contributed by atoms with van der Waals surface area (Å²) in [7, 11) is -1.19. The van der Waals surface area contributed by atoms with Crippen LogP contribution in [-0.2, 0) is 20.9 Å². The molecule has 21 heavy (non-hydrogen) atoms. The molecule has 0 heterocycles. The monoisotopic (exact) mass is 326 g/mol. The number of methoxy groups -OCH3 is 1. The van der Waals surface area contributed by atoms with Crippen molar-refractivity contribution in [2.24, 2.45) is 5.14 Å². The highest BCUT2D eigenvalue weighted by Crippen LogP contribution is 2.37. The van der Waals surface area contributed by atoms with E-state index in [9.17, 15) is 21.6 Å². The molecule has 2 N–H and O–H groups in total. The van der Waals surface area contributed by atoms with E-state index >= 15 is 0 Å². The van der Waals surface area contributed by atoms with E-state index in [2.05, 4.69) is 0 Å². The maximum Gasteiger partial charge on any atom is 0.418 e. The Morgan fingerprint density at radius 3 is 2.43 bits per heavy atom. The molecule has 0 atom stereocenters. The number of rotatable bonds is 6. The van der Waals surface area contributed by atoms with Gasteiger partial charge in [-0.3, -0.25) is 0 Å². The average Bonchev–Trinajstić information content (AvgIpc) is 2.36. The number of anilines is 1. The number of hydrogen-bond donors (Lipinski definition) is 1. The molecule has 0 aromatic heterocycles. The van der Waals surface area contributed by atoms with Gasteiger partial charge in [-0.2, -0.15) is 13.2 Å². The van der Waals surface area contributed by atoms with E-state index in [1.54, 1.807) is 0 Å². The maximum atomic E-state index is 13.1. The maximum absolute atomic E-state index is 13.1. The van der Waals surface area contributed by atoms with Crippen LogP contribution in [0.2, 0.25) is 0 Å². The minimum atomic E-state index is -4.68. The fourth-order valence-electron chi connectivity index (χ4n) is 1.82. The summed E-state index contributed by atoms with van der Waals surface area (Å²) < 4.78 is 66.4. The first kappa shape index (κ1) is 17.7. The molecule has 0 saturated carbocycles. The quantitative estimate of drug-likeness (QED) is 0.810.